The van der Waals surface area contributed by atoms with Crippen molar-refractivity contribution >= 4 is 12.1 Å². The number of amides is 1. The molecule has 6 heteroatoms. The molecule has 2 fully saturated rings. The Morgan fingerprint density at radius 3 is 1.92 bits per heavy atom. The molecule has 0 heterocycles. The molecule has 0 saturated heterocycles. The number of carbonyl (C=O) groups is 2. The molecule has 24 heavy (non-hydrogen) atoms. The topological polar surface area (TPSA) is 64.6 Å². The largest absolute Gasteiger partial charge is 2.00 e. The Hall–Kier alpha value is -0.637. The van der Waals surface area contributed by atoms with E-state index < -0.39 is 17.7 Å². The molecule has 0 spiro atoms. The van der Waals surface area contributed by atoms with Crippen molar-refractivity contribution < 1.29 is 38.5 Å². The zero-order chi connectivity index (χ0) is 17.1. The van der Waals surface area contributed by atoms with Crippen LogP contribution >= 0.6 is 0 Å². The van der Waals surface area contributed by atoms with E-state index in [1.807, 2.05) is 32.1 Å². The molecule has 0 aromatic carbocycles. The fourth-order valence-corrected chi connectivity index (χ4v) is 1.53. The van der Waals surface area contributed by atoms with Gasteiger partial charge in [-0.1, -0.05) is 0 Å². The predicted molar refractivity (Wildman–Crippen MR) is 87.1 cm³/mol. The fraction of sp³-hybridized carbons (Fsp3) is 0.333. The van der Waals surface area contributed by atoms with Crippen molar-refractivity contribution in [1.82, 2.24) is 5.32 Å². The quantitative estimate of drug-likeness (QED) is 0.433. The average Bonchev–Trinajstić information content (AvgIpc) is 3.15. The third-order valence-corrected chi connectivity index (χ3v) is 2.46. The summed E-state index contributed by atoms with van der Waals surface area (Å²) in [4.78, 5) is 22.7. The molecule has 10 radical (unpaired) electrons. The van der Waals surface area contributed by atoms with Crippen molar-refractivity contribution in [2.24, 2.45) is 0 Å². The van der Waals surface area contributed by atoms with Crippen LogP contribution in [0.15, 0.2) is 0 Å². The smallest absolute Gasteiger partial charge is 0.463 e. The van der Waals surface area contributed by atoms with Crippen LogP contribution in [0.3, 0.4) is 0 Å². The van der Waals surface area contributed by atoms with Crippen LogP contribution in [0.5, 0.6) is 0 Å². The van der Waals surface area contributed by atoms with Gasteiger partial charge in [-0.3, -0.25) is 4.79 Å². The van der Waals surface area contributed by atoms with E-state index in [1.165, 1.54) is 0 Å². The zero-order valence-corrected chi connectivity index (χ0v) is 15.8. The van der Waals surface area contributed by atoms with Gasteiger partial charge in [-0.2, -0.15) is 0 Å². The Morgan fingerprint density at radius 1 is 0.958 bits per heavy atom. The maximum Gasteiger partial charge on any atom is 2.00 e. The van der Waals surface area contributed by atoms with Crippen LogP contribution in [0.25, 0.3) is 0 Å². The zero-order valence-electron chi connectivity index (χ0n) is 14.1. The summed E-state index contributed by atoms with van der Waals surface area (Å²) in [5.74, 6) is 0.109. The number of alkyl carbamates (subject to hydrolysis) is 1. The van der Waals surface area contributed by atoms with Crippen molar-refractivity contribution in [3.63, 3.8) is 0 Å². The fourth-order valence-electron chi connectivity index (χ4n) is 1.53. The molecule has 0 aliphatic heterocycles. The van der Waals surface area contributed by atoms with Gasteiger partial charge in [0.25, 0.3) is 0 Å². The normalized spacial score (nSPS) is 17.3. The average molecular weight is 418 g/mol. The molecular weight excluding hydrogens is 395 g/mol. The van der Waals surface area contributed by atoms with Gasteiger partial charge in [0, 0.05) is 0 Å². The molecule has 2 rings (SSSR count). The third-order valence-electron chi connectivity index (χ3n) is 2.46. The van der Waals surface area contributed by atoms with Gasteiger partial charge in [-0.25, -0.2) is 4.79 Å². The van der Waals surface area contributed by atoms with Gasteiger partial charge in [0.1, 0.15) is 12.2 Å². The first kappa shape index (κ1) is 23.4. The SMILES string of the molecule is CC(C)(C)OC(=O)NCCOC(=O)[C]1[CH][CH][CH][CH]1.[CH]1[CH][CH][CH][CH]1.[Ru+2]. The molecule has 0 atom stereocenters. The summed E-state index contributed by atoms with van der Waals surface area (Å²) in [6, 6.07) is 0. The second-order valence-corrected chi connectivity index (χ2v) is 5.70. The van der Waals surface area contributed by atoms with Crippen molar-refractivity contribution in [1.29, 1.82) is 0 Å². The molecule has 1 N–H and O–H groups in total. The number of hydrogen-bond donors (Lipinski definition) is 1. The second kappa shape index (κ2) is 12.7. The number of rotatable bonds is 4. The van der Waals surface area contributed by atoms with Crippen molar-refractivity contribution in [3.8, 4) is 0 Å². The molecule has 130 valence electrons. The van der Waals surface area contributed by atoms with E-state index in [9.17, 15) is 9.59 Å². The predicted octanol–water partition coefficient (Wildman–Crippen LogP) is 2.48. The van der Waals surface area contributed by atoms with Crippen LogP contribution in [-0.2, 0) is 33.7 Å². The Bertz CT molecular complexity index is 351. The van der Waals surface area contributed by atoms with Crippen LogP contribution in [0.4, 0.5) is 4.79 Å². The van der Waals surface area contributed by atoms with Crippen LogP contribution in [-0.4, -0.2) is 30.8 Å². The van der Waals surface area contributed by atoms with Crippen molar-refractivity contribution in [2.75, 3.05) is 13.2 Å². The van der Waals surface area contributed by atoms with Gasteiger partial charge in [-0.05, 0) is 78.6 Å². The molecular formula is C18H23NO4Ru+2. The first-order valence-corrected chi connectivity index (χ1v) is 7.41. The molecule has 0 bridgehead atoms. The molecule has 0 aromatic heterocycles. The summed E-state index contributed by atoms with van der Waals surface area (Å²) in [7, 11) is 0. The number of hydrogen-bond acceptors (Lipinski definition) is 4. The Kier molecular flexibility index (Phi) is 12.4. The Labute approximate surface area is 159 Å². The van der Waals surface area contributed by atoms with Crippen molar-refractivity contribution in [3.05, 3.63) is 63.7 Å². The van der Waals surface area contributed by atoms with Crippen LogP contribution in [0.1, 0.15) is 20.8 Å². The summed E-state index contributed by atoms with van der Waals surface area (Å²) < 4.78 is 9.98. The van der Waals surface area contributed by atoms with Gasteiger partial charge < -0.3 is 14.8 Å². The van der Waals surface area contributed by atoms with E-state index in [2.05, 4.69) is 5.32 Å². The summed E-state index contributed by atoms with van der Waals surface area (Å²) in [6.07, 6.45) is 16.3. The Morgan fingerprint density at radius 2 is 1.46 bits per heavy atom. The number of esters is 1. The molecule has 0 unspecified atom stereocenters. The van der Waals surface area contributed by atoms with E-state index in [-0.39, 0.29) is 32.6 Å². The van der Waals surface area contributed by atoms with E-state index in [4.69, 9.17) is 9.47 Å². The summed E-state index contributed by atoms with van der Waals surface area (Å²) >= 11 is 0. The van der Waals surface area contributed by atoms with Gasteiger partial charge in [-0.15, -0.1) is 0 Å². The minimum Gasteiger partial charge on any atom is -0.463 e. The molecule has 5 nitrogen and oxygen atoms in total. The van der Waals surface area contributed by atoms with Gasteiger partial charge in [0.15, 0.2) is 0 Å². The van der Waals surface area contributed by atoms with Crippen molar-refractivity contribution in [2.45, 2.75) is 26.4 Å². The number of carbonyl (C=O) groups excluding carboxylic acids is 2. The van der Waals surface area contributed by atoms with E-state index in [0.717, 1.165) is 0 Å². The van der Waals surface area contributed by atoms with Crippen LogP contribution in [0, 0.1) is 63.7 Å². The van der Waals surface area contributed by atoms with E-state index in [1.54, 1.807) is 46.5 Å². The monoisotopic (exact) mass is 419 g/mol. The molecule has 0 aromatic rings. The first-order valence-electron chi connectivity index (χ1n) is 7.41. The summed E-state index contributed by atoms with van der Waals surface area (Å²) in [6.45, 7) is 5.68. The number of ether oxygens (including phenoxy) is 2. The minimum absolute atomic E-state index is 0. The Balaban J connectivity index is 0.000000751. The molecule has 1 amide bonds. The van der Waals surface area contributed by atoms with Crippen LogP contribution in [0.2, 0.25) is 0 Å². The van der Waals surface area contributed by atoms with Gasteiger partial charge in [0.05, 0.1) is 12.5 Å². The minimum atomic E-state index is -0.532. The van der Waals surface area contributed by atoms with E-state index in [0.29, 0.717) is 5.92 Å². The maximum atomic E-state index is 11.4. The van der Waals surface area contributed by atoms with Crippen LogP contribution < -0.4 is 5.32 Å². The van der Waals surface area contributed by atoms with E-state index >= 15 is 0 Å². The summed E-state index contributed by atoms with van der Waals surface area (Å²) in [5.41, 5.74) is -0.532. The maximum absolute atomic E-state index is 11.4. The molecule has 2 aliphatic rings. The van der Waals surface area contributed by atoms with Gasteiger partial charge in [0.2, 0.25) is 0 Å². The number of nitrogens with one attached hydrogen (secondary N) is 1. The first-order chi connectivity index (χ1) is 10.9. The molecule has 2 saturated carbocycles. The van der Waals surface area contributed by atoms with Gasteiger partial charge >= 0.3 is 31.5 Å². The summed E-state index contributed by atoms with van der Waals surface area (Å²) in [5, 5.41) is 2.50. The second-order valence-electron chi connectivity index (χ2n) is 5.70. The third kappa shape index (κ3) is 11.8. The molecule has 2 aliphatic carbocycles. The standard InChI is InChI=1S/C13H18NO4.C5H5.Ru/c1-13(2,3)18-12(16)14-8-9-17-11(15)10-6-4-5-7-10;1-2-4-5-3-1;/h4-7H,8-9H2,1-3H3,(H,14,16);1-5H;/q;;+2.